The van der Waals surface area contributed by atoms with E-state index in [1.807, 2.05) is 6.07 Å². The van der Waals surface area contributed by atoms with Crippen LogP contribution in [0.3, 0.4) is 0 Å². The number of anilines is 1. The first-order valence-electron chi connectivity index (χ1n) is 4.18. The summed E-state index contributed by atoms with van der Waals surface area (Å²) < 4.78 is 0. The van der Waals surface area contributed by atoms with E-state index in [9.17, 15) is 4.79 Å². The molecular formula is C10H11BrClNO. The van der Waals surface area contributed by atoms with E-state index in [4.69, 9.17) is 17.3 Å². The summed E-state index contributed by atoms with van der Waals surface area (Å²) in [5, 5.41) is 0.162. The quantitative estimate of drug-likeness (QED) is 0.524. The molecule has 1 aromatic carbocycles. The summed E-state index contributed by atoms with van der Waals surface area (Å²) >= 11 is 9.02. The Morgan fingerprint density at radius 2 is 2.21 bits per heavy atom. The Kier molecular flexibility index (Phi) is 3.96. The number of carbonyl (C=O) groups excluding carboxylic acids is 1. The van der Waals surface area contributed by atoms with E-state index in [2.05, 4.69) is 15.9 Å². The topological polar surface area (TPSA) is 43.1 Å². The van der Waals surface area contributed by atoms with Gasteiger partial charge < -0.3 is 5.73 Å². The SMILES string of the molecule is CC(Cl)C(=O)c1cc(N)cc(CBr)c1. The van der Waals surface area contributed by atoms with Gasteiger partial charge in [0.1, 0.15) is 0 Å². The lowest BCUT2D eigenvalue weighted by Crippen LogP contribution is -2.11. The van der Waals surface area contributed by atoms with Crippen molar-refractivity contribution in [2.45, 2.75) is 17.6 Å². The maximum atomic E-state index is 11.6. The van der Waals surface area contributed by atoms with Crippen molar-refractivity contribution in [2.24, 2.45) is 0 Å². The lowest BCUT2D eigenvalue weighted by atomic mass is 10.1. The summed E-state index contributed by atoms with van der Waals surface area (Å²) in [6, 6.07) is 5.27. The maximum Gasteiger partial charge on any atom is 0.180 e. The highest BCUT2D eigenvalue weighted by Crippen LogP contribution is 2.17. The van der Waals surface area contributed by atoms with Gasteiger partial charge in [-0.15, -0.1) is 11.6 Å². The maximum absolute atomic E-state index is 11.6. The van der Waals surface area contributed by atoms with Crippen molar-refractivity contribution in [1.29, 1.82) is 0 Å². The molecule has 0 fully saturated rings. The summed E-state index contributed by atoms with van der Waals surface area (Å²) in [6.45, 7) is 1.65. The number of ketones is 1. The van der Waals surface area contributed by atoms with Gasteiger partial charge in [-0.1, -0.05) is 15.9 Å². The monoisotopic (exact) mass is 275 g/mol. The van der Waals surface area contributed by atoms with E-state index < -0.39 is 5.38 Å². The van der Waals surface area contributed by atoms with Gasteiger partial charge in [0.25, 0.3) is 0 Å². The fourth-order valence-corrected chi connectivity index (χ4v) is 1.62. The van der Waals surface area contributed by atoms with Crippen LogP contribution in [-0.2, 0) is 5.33 Å². The van der Waals surface area contributed by atoms with Crippen LogP contribution < -0.4 is 5.73 Å². The molecular weight excluding hydrogens is 265 g/mol. The van der Waals surface area contributed by atoms with E-state index in [-0.39, 0.29) is 5.78 Å². The van der Waals surface area contributed by atoms with Gasteiger partial charge in [0, 0.05) is 16.6 Å². The van der Waals surface area contributed by atoms with Crippen molar-refractivity contribution < 1.29 is 4.79 Å². The number of carbonyl (C=O) groups is 1. The summed E-state index contributed by atoms with van der Waals surface area (Å²) in [4.78, 5) is 11.6. The number of nitrogens with two attached hydrogens (primary N) is 1. The van der Waals surface area contributed by atoms with Gasteiger partial charge in [-0.2, -0.15) is 0 Å². The molecule has 0 saturated heterocycles. The second-order valence-corrected chi connectivity index (χ2v) is 4.29. The molecule has 0 heterocycles. The third-order valence-electron chi connectivity index (χ3n) is 1.82. The molecule has 1 unspecified atom stereocenters. The van der Waals surface area contributed by atoms with E-state index in [1.165, 1.54) is 0 Å². The molecule has 0 aliphatic carbocycles. The van der Waals surface area contributed by atoms with Crippen molar-refractivity contribution in [2.75, 3.05) is 5.73 Å². The van der Waals surface area contributed by atoms with Crippen LogP contribution in [0.25, 0.3) is 0 Å². The number of hydrogen-bond donors (Lipinski definition) is 1. The third-order valence-corrected chi connectivity index (χ3v) is 2.66. The van der Waals surface area contributed by atoms with Crippen LogP contribution in [0, 0.1) is 0 Å². The molecule has 1 aromatic rings. The van der Waals surface area contributed by atoms with Crippen molar-refractivity contribution in [1.82, 2.24) is 0 Å². The Morgan fingerprint density at radius 1 is 1.57 bits per heavy atom. The Bertz CT molecular complexity index is 352. The summed E-state index contributed by atoms with van der Waals surface area (Å²) in [5.74, 6) is -0.0961. The van der Waals surface area contributed by atoms with Crippen molar-refractivity contribution in [3.63, 3.8) is 0 Å². The minimum absolute atomic E-state index is 0.0961. The summed E-state index contributed by atoms with van der Waals surface area (Å²) in [5.41, 5.74) is 7.79. The van der Waals surface area contributed by atoms with E-state index in [1.54, 1.807) is 19.1 Å². The number of rotatable bonds is 3. The third kappa shape index (κ3) is 2.72. The number of hydrogen-bond acceptors (Lipinski definition) is 2. The number of benzene rings is 1. The molecule has 1 atom stereocenters. The lowest BCUT2D eigenvalue weighted by Gasteiger charge is -2.06. The van der Waals surface area contributed by atoms with Gasteiger partial charge in [-0.3, -0.25) is 4.79 Å². The highest BCUT2D eigenvalue weighted by molar-refractivity contribution is 9.08. The van der Waals surface area contributed by atoms with Crippen LogP contribution in [0.1, 0.15) is 22.8 Å². The molecule has 0 radical (unpaired) electrons. The molecule has 1 rings (SSSR count). The number of halogens is 2. The van der Waals surface area contributed by atoms with Gasteiger partial charge in [-0.25, -0.2) is 0 Å². The Hall–Kier alpha value is -0.540. The molecule has 0 aliphatic heterocycles. The van der Waals surface area contributed by atoms with Crippen LogP contribution >= 0.6 is 27.5 Å². The van der Waals surface area contributed by atoms with Crippen LogP contribution in [0.5, 0.6) is 0 Å². The average molecular weight is 277 g/mol. The van der Waals surface area contributed by atoms with E-state index >= 15 is 0 Å². The minimum Gasteiger partial charge on any atom is -0.399 e. The predicted octanol–water partition coefficient (Wildman–Crippen LogP) is 2.97. The largest absolute Gasteiger partial charge is 0.399 e. The predicted molar refractivity (Wildman–Crippen MR) is 63.1 cm³/mol. The fourth-order valence-electron chi connectivity index (χ4n) is 1.17. The van der Waals surface area contributed by atoms with Gasteiger partial charge in [0.2, 0.25) is 0 Å². The van der Waals surface area contributed by atoms with Gasteiger partial charge in [0.15, 0.2) is 5.78 Å². The van der Waals surface area contributed by atoms with Gasteiger partial charge in [-0.05, 0) is 30.7 Å². The number of nitrogen functional groups attached to an aromatic ring is 1. The minimum atomic E-state index is -0.514. The van der Waals surface area contributed by atoms with E-state index in [0.717, 1.165) is 5.56 Å². The Balaban J connectivity index is 3.09. The van der Waals surface area contributed by atoms with Crippen molar-refractivity contribution in [3.8, 4) is 0 Å². The number of alkyl halides is 2. The zero-order valence-electron chi connectivity index (χ0n) is 7.76. The average Bonchev–Trinajstić information content (AvgIpc) is 2.15. The van der Waals surface area contributed by atoms with E-state index in [0.29, 0.717) is 16.6 Å². The molecule has 4 heteroatoms. The zero-order chi connectivity index (χ0) is 10.7. The highest BCUT2D eigenvalue weighted by atomic mass is 79.9. The highest BCUT2D eigenvalue weighted by Gasteiger charge is 2.13. The first-order valence-corrected chi connectivity index (χ1v) is 5.74. The molecule has 2 N–H and O–H groups in total. The standard InChI is InChI=1S/C10H11BrClNO/c1-6(12)10(14)8-2-7(5-11)3-9(13)4-8/h2-4,6H,5,13H2,1H3. The first kappa shape index (κ1) is 11.5. The Morgan fingerprint density at radius 3 is 2.71 bits per heavy atom. The first-order chi connectivity index (χ1) is 6.54. The van der Waals surface area contributed by atoms with Gasteiger partial charge >= 0.3 is 0 Å². The van der Waals surface area contributed by atoms with Crippen LogP contribution in [0.2, 0.25) is 0 Å². The van der Waals surface area contributed by atoms with Crippen molar-refractivity contribution >= 4 is 39.0 Å². The summed E-state index contributed by atoms with van der Waals surface area (Å²) in [7, 11) is 0. The molecule has 2 nitrogen and oxygen atoms in total. The van der Waals surface area contributed by atoms with Crippen LogP contribution in [0.15, 0.2) is 18.2 Å². The Labute approximate surface area is 96.6 Å². The fraction of sp³-hybridized carbons (Fsp3) is 0.300. The molecule has 0 bridgehead atoms. The molecule has 0 spiro atoms. The normalized spacial score (nSPS) is 12.5. The molecule has 0 saturated carbocycles. The molecule has 0 amide bonds. The van der Waals surface area contributed by atoms with Crippen LogP contribution in [-0.4, -0.2) is 11.2 Å². The second-order valence-electron chi connectivity index (χ2n) is 3.08. The molecule has 14 heavy (non-hydrogen) atoms. The zero-order valence-corrected chi connectivity index (χ0v) is 10.1. The number of Topliss-reactive ketones (excluding diaryl/α,β-unsaturated/α-hetero) is 1. The van der Waals surface area contributed by atoms with Crippen LogP contribution in [0.4, 0.5) is 5.69 Å². The second kappa shape index (κ2) is 4.80. The summed E-state index contributed by atoms with van der Waals surface area (Å²) in [6.07, 6.45) is 0. The molecule has 0 aromatic heterocycles. The lowest BCUT2D eigenvalue weighted by molar-refractivity contribution is 0.0991. The van der Waals surface area contributed by atoms with Crippen molar-refractivity contribution in [3.05, 3.63) is 29.3 Å². The molecule has 0 aliphatic rings. The smallest absolute Gasteiger partial charge is 0.180 e. The van der Waals surface area contributed by atoms with Gasteiger partial charge in [0.05, 0.1) is 5.38 Å². The molecule has 76 valence electrons.